The van der Waals surface area contributed by atoms with Crippen molar-refractivity contribution in [1.82, 2.24) is 20.4 Å². The molecule has 0 bridgehead atoms. The van der Waals surface area contributed by atoms with Crippen LogP contribution >= 0.6 is 0 Å². The maximum atomic E-state index is 13.2. The minimum Gasteiger partial charge on any atom is -0.371 e. The van der Waals surface area contributed by atoms with Crippen LogP contribution in [0.25, 0.3) is 0 Å². The molecule has 1 aromatic carbocycles. The van der Waals surface area contributed by atoms with Crippen molar-refractivity contribution in [2.75, 3.05) is 50.7 Å². The van der Waals surface area contributed by atoms with Crippen molar-refractivity contribution in [2.45, 2.75) is 51.5 Å². The maximum absolute atomic E-state index is 13.2. The number of piperidine rings is 2. The zero-order chi connectivity index (χ0) is 25.3. The van der Waals surface area contributed by atoms with Gasteiger partial charge in [0.15, 0.2) is 0 Å². The summed E-state index contributed by atoms with van der Waals surface area (Å²) in [6, 6.07) is 5.17. The van der Waals surface area contributed by atoms with Crippen LogP contribution in [0.3, 0.4) is 0 Å². The highest BCUT2D eigenvalue weighted by molar-refractivity contribution is 6.22. The molecule has 2 N–H and O–H groups in total. The number of fused-ring (bicyclic) bond motifs is 1. The van der Waals surface area contributed by atoms with Crippen LogP contribution in [-0.2, 0) is 9.59 Å². The molecule has 4 aliphatic heterocycles. The Morgan fingerprint density at radius 1 is 1.08 bits per heavy atom. The van der Waals surface area contributed by atoms with E-state index in [0.29, 0.717) is 29.4 Å². The van der Waals surface area contributed by atoms with Crippen LogP contribution in [0.4, 0.5) is 5.69 Å². The number of hydrogen-bond donors (Lipinski definition) is 2. The fourth-order valence-electron chi connectivity index (χ4n) is 6.24. The maximum Gasteiger partial charge on any atom is 0.261 e. The van der Waals surface area contributed by atoms with Gasteiger partial charge in [-0.3, -0.25) is 29.4 Å². The second-order valence-corrected chi connectivity index (χ2v) is 11.1. The Kier molecular flexibility index (Phi) is 7.12. The van der Waals surface area contributed by atoms with E-state index in [1.165, 1.54) is 63.3 Å². The third-order valence-electron chi connectivity index (χ3n) is 8.84. The van der Waals surface area contributed by atoms with Gasteiger partial charge in [-0.05, 0) is 81.6 Å². The molecular formula is C27H37N5O4. The molecule has 36 heavy (non-hydrogen) atoms. The summed E-state index contributed by atoms with van der Waals surface area (Å²) in [6.45, 7) is 9.68. The van der Waals surface area contributed by atoms with Gasteiger partial charge >= 0.3 is 0 Å². The lowest BCUT2D eigenvalue weighted by Crippen LogP contribution is -2.52. The van der Waals surface area contributed by atoms with Crippen LogP contribution in [0, 0.1) is 11.3 Å². The quantitative estimate of drug-likeness (QED) is 0.417. The number of carbonyl (C=O) groups excluding carboxylic acids is 4. The van der Waals surface area contributed by atoms with E-state index in [9.17, 15) is 19.2 Å². The van der Waals surface area contributed by atoms with Crippen LogP contribution in [0.2, 0.25) is 0 Å². The van der Waals surface area contributed by atoms with Gasteiger partial charge in [0, 0.05) is 50.9 Å². The lowest BCUT2D eigenvalue weighted by Gasteiger charge is -2.48. The van der Waals surface area contributed by atoms with Gasteiger partial charge < -0.3 is 15.1 Å². The van der Waals surface area contributed by atoms with Gasteiger partial charge in [-0.25, -0.2) is 0 Å². The number of nitrogens with one attached hydrogen (secondary N) is 2. The molecule has 1 atom stereocenters. The highest BCUT2D eigenvalue weighted by Crippen LogP contribution is 2.42. The molecule has 3 fully saturated rings. The van der Waals surface area contributed by atoms with Crippen LogP contribution in [0.5, 0.6) is 0 Å². The van der Waals surface area contributed by atoms with Gasteiger partial charge in [0.25, 0.3) is 11.8 Å². The molecule has 5 rings (SSSR count). The molecule has 0 aliphatic carbocycles. The standard InChI is InChI=1S/C27H37N5O4/c1-19(2-5-24(34)29-18-33)32-25(35)22-4-3-21(14-23(22)26(32)36)31-12-8-27(9-13-31)6-10-30(11-7-27)17-20-15-28-16-20/h3-4,14,18-20,28H,2,5-13,15-17H2,1H3,(H,29,33,34). The van der Waals surface area contributed by atoms with E-state index in [4.69, 9.17) is 0 Å². The zero-order valence-corrected chi connectivity index (χ0v) is 21.1. The first kappa shape index (κ1) is 24.9. The summed E-state index contributed by atoms with van der Waals surface area (Å²) in [5.74, 6) is -0.203. The van der Waals surface area contributed by atoms with Gasteiger partial charge in [0.05, 0.1) is 11.1 Å². The topological polar surface area (TPSA) is 102 Å². The average Bonchev–Trinajstić information content (AvgIpc) is 3.11. The molecule has 1 aromatic rings. The highest BCUT2D eigenvalue weighted by atomic mass is 16.2. The molecule has 9 nitrogen and oxygen atoms in total. The SMILES string of the molecule is CC(CCC(=O)NC=O)N1C(=O)c2ccc(N3CCC4(CCN(CC5CNC5)CC4)CC3)cc2C1=O. The van der Waals surface area contributed by atoms with E-state index in [-0.39, 0.29) is 18.2 Å². The average molecular weight is 496 g/mol. The number of imide groups is 2. The number of amides is 4. The van der Waals surface area contributed by atoms with Gasteiger partial charge in [0.1, 0.15) is 0 Å². The molecule has 1 unspecified atom stereocenters. The third kappa shape index (κ3) is 4.91. The van der Waals surface area contributed by atoms with Crippen molar-refractivity contribution in [1.29, 1.82) is 0 Å². The lowest BCUT2D eigenvalue weighted by molar-refractivity contribution is -0.125. The number of nitrogens with zero attached hydrogens (tertiary/aromatic N) is 3. The van der Waals surface area contributed by atoms with E-state index >= 15 is 0 Å². The number of anilines is 1. The Hall–Kier alpha value is -2.78. The normalized spacial score (nSPS) is 22.9. The molecule has 1 spiro atoms. The molecule has 3 saturated heterocycles. The number of rotatable bonds is 8. The molecule has 4 aliphatic rings. The molecule has 194 valence electrons. The number of likely N-dealkylation sites (tertiary alicyclic amines) is 1. The monoisotopic (exact) mass is 495 g/mol. The molecule has 0 radical (unpaired) electrons. The first-order valence-electron chi connectivity index (χ1n) is 13.3. The van der Waals surface area contributed by atoms with Crippen molar-refractivity contribution < 1.29 is 19.2 Å². The van der Waals surface area contributed by atoms with Crippen LogP contribution in [0.1, 0.15) is 66.2 Å². The van der Waals surface area contributed by atoms with Crippen LogP contribution in [-0.4, -0.2) is 85.8 Å². The number of benzene rings is 1. The second kappa shape index (κ2) is 10.3. The minimum absolute atomic E-state index is 0.0731. The van der Waals surface area contributed by atoms with E-state index in [1.54, 1.807) is 13.0 Å². The summed E-state index contributed by atoms with van der Waals surface area (Å²) in [6.07, 6.45) is 5.61. The lowest BCUT2D eigenvalue weighted by atomic mass is 9.71. The van der Waals surface area contributed by atoms with Crippen molar-refractivity contribution in [2.24, 2.45) is 11.3 Å². The van der Waals surface area contributed by atoms with E-state index in [1.807, 2.05) is 12.1 Å². The summed E-state index contributed by atoms with van der Waals surface area (Å²) in [5, 5.41) is 5.46. The van der Waals surface area contributed by atoms with Gasteiger partial charge in [0.2, 0.25) is 12.3 Å². The first-order chi connectivity index (χ1) is 17.4. The van der Waals surface area contributed by atoms with Crippen molar-refractivity contribution >= 4 is 29.8 Å². The predicted octanol–water partition coefficient (Wildman–Crippen LogP) is 1.63. The third-order valence-corrected chi connectivity index (χ3v) is 8.84. The summed E-state index contributed by atoms with van der Waals surface area (Å²) in [5.41, 5.74) is 2.31. The highest BCUT2D eigenvalue weighted by Gasteiger charge is 2.41. The Bertz CT molecular complexity index is 1020. The summed E-state index contributed by atoms with van der Waals surface area (Å²) in [4.78, 5) is 54.4. The molecular weight excluding hydrogens is 458 g/mol. The Morgan fingerprint density at radius 3 is 2.39 bits per heavy atom. The fraction of sp³-hybridized carbons (Fsp3) is 0.630. The van der Waals surface area contributed by atoms with E-state index < -0.39 is 11.9 Å². The van der Waals surface area contributed by atoms with Crippen molar-refractivity contribution in [3.05, 3.63) is 29.3 Å². The largest absolute Gasteiger partial charge is 0.371 e. The molecule has 4 heterocycles. The van der Waals surface area contributed by atoms with Crippen LogP contribution < -0.4 is 15.5 Å². The Morgan fingerprint density at radius 2 is 1.75 bits per heavy atom. The smallest absolute Gasteiger partial charge is 0.261 e. The van der Waals surface area contributed by atoms with Gasteiger partial charge in [-0.15, -0.1) is 0 Å². The summed E-state index contributed by atoms with van der Waals surface area (Å²) in [7, 11) is 0. The molecule has 0 saturated carbocycles. The predicted molar refractivity (Wildman–Crippen MR) is 136 cm³/mol. The summed E-state index contributed by atoms with van der Waals surface area (Å²) < 4.78 is 0. The molecule has 0 aromatic heterocycles. The minimum atomic E-state index is -0.431. The first-order valence-corrected chi connectivity index (χ1v) is 13.3. The van der Waals surface area contributed by atoms with E-state index in [2.05, 4.69) is 20.4 Å². The Labute approximate surface area is 212 Å². The zero-order valence-electron chi connectivity index (χ0n) is 21.1. The summed E-state index contributed by atoms with van der Waals surface area (Å²) >= 11 is 0. The van der Waals surface area contributed by atoms with E-state index in [0.717, 1.165) is 24.7 Å². The molecule has 4 amide bonds. The van der Waals surface area contributed by atoms with Crippen LogP contribution in [0.15, 0.2) is 18.2 Å². The van der Waals surface area contributed by atoms with Gasteiger partial charge in [-0.1, -0.05) is 0 Å². The Balaban J connectivity index is 1.17. The molecule has 9 heteroatoms. The fourth-order valence-corrected chi connectivity index (χ4v) is 6.24. The second-order valence-electron chi connectivity index (χ2n) is 11.1. The van der Waals surface area contributed by atoms with Crippen molar-refractivity contribution in [3.8, 4) is 0 Å². The van der Waals surface area contributed by atoms with Gasteiger partial charge in [-0.2, -0.15) is 0 Å². The number of carbonyl (C=O) groups is 4. The van der Waals surface area contributed by atoms with Crippen molar-refractivity contribution in [3.63, 3.8) is 0 Å². The number of hydrogen-bond acceptors (Lipinski definition) is 7.